The van der Waals surface area contributed by atoms with Gasteiger partial charge in [0.15, 0.2) is 0 Å². The van der Waals surface area contributed by atoms with Gasteiger partial charge in [-0.25, -0.2) is 0 Å². The van der Waals surface area contributed by atoms with Gasteiger partial charge in [0.2, 0.25) is 11.8 Å². The van der Waals surface area contributed by atoms with E-state index in [9.17, 15) is 14.4 Å². The molecule has 0 saturated carbocycles. The molecule has 3 fully saturated rings. The molecule has 7 nitrogen and oxygen atoms in total. The van der Waals surface area contributed by atoms with Crippen molar-refractivity contribution in [1.82, 2.24) is 14.7 Å². The van der Waals surface area contributed by atoms with Crippen molar-refractivity contribution in [1.29, 1.82) is 0 Å². The highest BCUT2D eigenvalue weighted by atomic mass is 16.5. The predicted molar refractivity (Wildman–Crippen MR) is 117 cm³/mol. The van der Waals surface area contributed by atoms with Crippen molar-refractivity contribution in [2.24, 2.45) is 17.3 Å². The molecule has 0 spiro atoms. The second-order valence-electron chi connectivity index (χ2n) is 9.34. The lowest BCUT2D eigenvalue weighted by atomic mass is 9.79. The van der Waals surface area contributed by atoms with E-state index in [4.69, 9.17) is 4.74 Å². The van der Waals surface area contributed by atoms with E-state index < -0.39 is 5.41 Å². The molecular weight excluding hydrogens is 394 g/mol. The van der Waals surface area contributed by atoms with Crippen LogP contribution in [0.5, 0.6) is 5.75 Å². The number of hydrogen-bond acceptors (Lipinski definition) is 4. The predicted octanol–water partition coefficient (Wildman–Crippen LogP) is 2.26. The summed E-state index contributed by atoms with van der Waals surface area (Å²) in [5, 5.41) is 0. The van der Waals surface area contributed by atoms with Gasteiger partial charge in [0.1, 0.15) is 5.75 Å². The highest BCUT2D eigenvalue weighted by Crippen LogP contribution is 2.45. The molecule has 3 aliphatic rings. The molecule has 7 heteroatoms. The summed E-state index contributed by atoms with van der Waals surface area (Å²) >= 11 is 0. The van der Waals surface area contributed by atoms with Crippen molar-refractivity contribution >= 4 is 17.7 Å². The van der Waals surface area contributed by atoms with Gasteiger partial charge >= 0.3 is 0 Å². The minimum absolute atomic E-state index is 0.0356. The zero-order chi connectivity index (χ0) is 22.2. The maximum Gasteiger partial charge on any atom is 0.257 e. The third-order valence-corrected chi connectivity index (χ3v) is 6.94. The Balaban J connectivity index is 1.61. The van der Waals surface area contributed by atoms with Gasteiger partial charge in [-0.3, -0.25) is 14.4 Å². The molecule has 0 unspecified atom stereocenters. The van der Waals surface area contributed by atoms with Gasteiger partial charge in [-0.2, -0.15) is 0 Å². The molecule has 2 atom stereocenters. The molecule has 31 heavy (non-hydrogen) atoms. The Morgan fingerprint density at radius 1 is 1.03 bits per heavy atom. The fourth-order valence-corrected chi connectivity index (χ4v) is 5.39. The van der Waals surface area contributed by atoms with Crippen LogP contribution in [0.4, 0.5) is 0 Å². The average Bonchev–Trinajstić information content (AvgIpc) is 3.48. The summed E-state index contributed by atoms with van der Waals surface area (Å²) < 4.78 is 5.66. The lowest BCUT2D eigenvalue weighted by Crippen LogP contribution is -2.49. The van der Waals surface area contributed by atoms with E-state index in [0.29, 0.717) is 44.1 Å². The largest absolute Gasteiger partial charge is 0.493 e. The number of rotatable bonds is 5. The van der Waals surface area contributed by atoms with E-state index in [1.54, 1.807) is 11.0 Å². The topological polar surface area (TPSA) is 70.2 Å². The number of carbonyl (C=O) groups is 3. The van der Waals surface area contributed by atoms with E-state index >= 15 is 0 Å². The maximum atomic E-state index is 13.7. The van der Waals surface area contributed by atoms with Gasteiger partial charge < -0.3 is 19.4 Å². The molecule has 0 radical (unpaired) electrons. The van der Waals surface area contributed by atoms with Crippen molar-refractivity contribution in [2.75, 3.05) is 45.9 Å². The van der Waals surface area contributed by atoms with Crippen molar-refractivity contribution in [3.63, 3.8) is 0 Å². The van der Waals surface area contributed by atoms with Gasteiger partial charge in [-0.05, 0) is 31.9 Å². The Labute approximate surface area is 184 Å². The van der Waals surface area contributed by atoms with E-state index in [1.807, 2.05) is 48.8 Å². The molecule has 3 heterocycles. The number of para-hydroxylation sites is 1. The Morgan fingerprint density at radius 3 is 2.35 bits per heavy atom. The molecular formula is C24H33N3O4. The number of nitrogens with zero attached hydrogens (tertiary/aromatic N) is 3. The second kappa shape index (κ2) is 8.52. The van der Waals surface area contributed by atoms with Crippen LogP contribution >= 0.6 is 0 Å². The molecule has 168 valence electrons. The lowest BCUT2D eigenvalue weighted by molar-refractivity contribution is -0.141. The van der Waals surface area contributed by atoms with Crippen LogP contribution in [-0.4, -0.2) is 78.3 Å². The Morgan fingerprint density at radius 2 is 1.68 bits per heavy atom. The van der Waals surface area contributed by atoms with Crippen molar-refractivity contribution in [2.45, 2.75) is 33.6 Å². The summed E-state index contributed by atoms with van der Waals surface area (Å²) in [5.74, 6) is 0.530. The average molecular weight is 428 g/mol. The fourth-order valence-electron chi connectivity index (χ4n) is 5.39. The van der Waals surface area contributed by atoms with Gasteiger partial charge in [-0.15, -0.1) is 0 Å². The Bertz CT molecular complexity index is 864. The van der Waals surface area contributed by atoms with Crippen molar-refractivity contribution in [3.8, 4) is 5.75 Å². The van der Waals surface area contributed by atoms with Crippen molar-refractivity contribution < 1.29 is 19.1 Å². The number of fused-ring (bicyclic) bond motifs is 1. The molecule has 4 rings (SSSR count). The fraction of sp³-hybridized carbons (Fsp3) is 0.625. The molecule has 1 aromatic carbocycles. The minimum atomic E-state index is -0.703. The van der Waals surface area contributed by atoms with Crippen LogP contribution in [0.25, 0.3) is 0 Å². The van der Waals surface area contributed by atoms with E-state index in [1.165, 1.54) is 0 Å². The number of ether oxygens (including phenoxy) is 1. The van der Waals surface area contributed by atoms with E-state index in [-0.39, 0.29) is 29.6 Å². The van der Waals surface area contributed by atoms with Crippen molar-refractivity contribution in [3.05, 3.63) is 29.8 Å². The van der Waals surface area contributed by atoms with Gasteiger partial charge in [0.05, 0.1) is 17.6 Å². The maximum absolute atomic E-state index is 13.7. The minimum Gasteiger partial charge on any atom is -0.493 e. The van der Waals surface area contributed by atoms with Crippen LogP contribution in [0.3, 0.4) is 0 Å². The van der Waals surface area contributed by atoms with Crippen LogP contribution < -0.4 is 4.74 Å². The number of carbonyl (C=O) groups excluding carboxylic acids is 3. The molecule has 3 aliphatic heterocycles. The first-order valence-electron chi connectivity index (χ1n) is 11.5. The summed E-state index contributed by atoms with van der Waals surface area (Å²) in [5.41, 5.74) is -0.173. The summed E-state index contributed by atoms with van der Waals surface area (Å²) in [6.07, 6.45) is 2.04. The van der Waals surface area contributed by atoms with Crippen LogP contribution in [0.15, 0.2) is 24.3 Å². The van der Waals surface area contributed by atoms with Gasteiger partial charge in [-0.1, -0.05) is 26.0 Å². The molecule has 0 aromatic heterocycles. The molecule has 0 aliphatic carbocycles. The quantitative estimate of drug-likeness (QED) is 0.723. The molecule has 3 amide bonds. The SMILES string of the molecule is CCOc1ccccc1C(=O)N1C[C@@H]2CN(C(=O)C(C)C)C[C@]2(C(=O)N2CCCC2)C1. The zero-order valence-corrected chi connectivity index (χ0v) is 18.8. The number of hydrogen-bond donors (Lipinski definition) is 0. The number of amides is 3. The second-order valence-corrected chi connectivity index (χ2v) is 9.34. The van der Waals surface area contributed by atoms with Crippen LogP contribution in [0, 0.1) is 17.3 Å². The summed E-state index contributed by atoms with van der Waals surface area (Å²) in [6.45, 7) is 9.49. The number of benzene rings is 1. The Hall–Kier alpha value is -2.57. The summed E-state index contributed by atoms with van der Waals surface area (Å²) in [6, 6.07) is 7.28. The third-order valence-electron chi connectivity index (χ3n) is 6.94. The first-order valence-corrected chi connectivity index (χ1v) is 11.5. The number of likely N-dealkylation sites (tertiary alicyclic amines) is 3. The third kappa shape index (κ3) is 3.79. The first-order chi connectivity index (χ1) is 14.9. The van der Waals surface area contributed by atoms with E-state index in [2.05, 4.69) is 0 Å². The van der Waals surface area contributed by atoms with E-state index in [0.717, 1.165) is 25.9 Å². The monoisotopic (exact) mass is 427 g/mol. The molecule has 0 N–H and O–H groups in total. The van der Waals surface area contributed by atoms with Crippen LogP contribution in [0.2, 0.25) is 0 Å². The lowest BCUT2D eigenvalue weighted by Gasteiger charge is -2.32. The van der Waals surface area contributed by atoms with Crippen LogP contribution in [0.1, 0.15) is 44.0 Å². The smallest absolute Gasteiger partial charge is 0.257 e. The highest BCUT2D eigenvalue weighted by Gasteiger charge is 2.60. The standard InChI is InChI=1S/C24H33N3O4/c1-4-31-20-10-6-5-9-19(20)22(29)27-14-18-13-26(21(28)17(2)3)15-24(18,16-27)23(30)25-11-7-8-12-25/h5-6,9-10,17-18H,4,7-8,11-16H2,1-3H3/t18-,24-/m0/s1. The van der Waals surface area contributed by atoms with Gasteiger partial charge in [0.25, 0.3) is 5.91 Å². The zero-order valence-electron chi connectivity index (χ0n) is 18.8. The van der Waals surface area contributed by atoms with Crippen LogP contribution in [-0.2, 0) is 9.59 Å². The van der Waals surface area contributed by atoms with Gasteiger partial charge in [0, 0.05) is 51.1 Å². The normalized spacial score (nSPS) is 25.3. The summed E-state index contributed by atoms with van der Waals surface area (Å²) in [4.78, 5) is 45.4. The highest BCUT2D eigenvalue weighted by molar-refractivity contribution is 5.98. The first kappa shape index (κ1) is 21.7. The molecule has 1 aromatic rings. The summed E-state index contributed by atoms with van der Waals surface area (Å²) in [7, 11) is 0. The Kier molecular flexibility index (Phi) is 5.95. The molecule has 0 bridgehead atoms. The molecule has 3 saturated heterocycles.